The second-order valence-corrected chi connectivity index (χ2v) is 16.2. The Kier molecular flexibility index (Phi) is 14.2. The van der Waals surface area contributed by atoms with Gasteiger partial charge in [0.15, 0.2) is 5.60 Å². The molecule has 0 saturated heterocycles. The van der Waals surface area contributed by atoms with Crippen molar-refractivity contribution in [1.29, 1.82) is 0 Å². The first-order valence-electron chi connectivity index (χ1n) is 21.4. The highest BCUT2D eigenvalue weighted by Crippen LogP contribution is 2.46. The summed E-state index contributed by atoms with van der Waals surface area (Å²) in [6.45, 7) is 1.56. The Labute approximate surface area is 376 Å². The maximum absolute atomic E-state index is 15.3. The average molecular weight is 912 g/mol. The van der Waals surface area contributed by atoms with Crippen molar-refractivity contribution in [3.05, 3.63) is 97.6 Å². The van der Waals surface area contributed by atoms with Crippen LogP contribution in [-0.4, -0.2) is 102 Å². The van der Waals surface area contributed by atoms with E-state index in [0.717, 1.165) is 11.1 Å². The number of aryl methyl sites for hydroxylation is 1. The number of fused-ring (bicyclic) bond motifs is 5. The zero-order valence-electron chi connectivity index (χ0n) is 36.3. The molecule has 348 valence electrons. The van der Waals surface area contributed by atoms with E-state index in [-0.39, 0.29) is 63.5 Å². The molecule has 66 heavy (non-hydrogen) atoms. The molecule has 2 aliphatic heterocycles. The third kappa shape index (κ3) is 9.77. The number of hydrogen-bond acceptors (Lipinski definition) is 13. The standard InChI is InChI=1S/C45H50FN9O11/c1-3-45(64)28-14-33-41-26(20-55(33)43(62)27(28)21-66-44(45)63)40-30(10-9-25-23(2)29(46)15-31(54-41)39(25)40)52-35(57)16-34(56)48-11-12-65-22-51-37(59)18-50-42(61)32(13-24-7-5-4-6-8-24)53-38(60)19-49-36(58)17-47/h4-8,14-15,30,32,64H,3,9-13,16-22,47H2,1-2H3,(H,48,56)(H,49,58)(H,50,61)(H,51,59)(H,52,57)(H,53,60)/t30-,32-,45-/m0/s1. The minimum Gasteiger partial charge on any atom is -0.458 e. The van der Waals surface area contributed by atoms with Gasteiger partial charge in [-0.2, -0.15) is 0 Å². The number of nitrogens with two attached hydrogens (primary N) is 1. The van der Waals surface area contributed by atoms with Gasteiger partial charge in [-0.25, -0.2) is 14.2 Å². The van der Waals surface area contributed by atoms with Gasteiger partial charge in [0.1, 0.15) is 31.6 Å². The average Bonchev–Trinajstić information content (AvgIpc) is 3.67. The van der Waals surface area contributed by atoms with E-state index >= 15 is 4.39 Å². The van der Waals surface area contributed by atoms with Crippen LogP contribution in [-0.2, 0) is 74.6 Å². The Bertz CT molecular complexity index is 2690. The zero-order valence-corrected chi connectivity index (χ0v) is 36.3. The summed E-state index contributed by atoms with van der Waals surface area (Å²) in [4.78, 5) is 107. The molecule has 2 aromatic carbocycles. The molecule has 4 aromatic rings. The molecule has 1 aliphatic carbocycles. The van der Waals surface area contributed by atoms with Gasteiger partial charge in [0.2, 0.25) is 35.4 Å². The summed E-state index contributed by atoms with van der Waals surface area (Å²) in [5.74, 6) is -4.94. The number of cyclic esters (lactones) is 1. The second-order valence-electron chi connectivity index (χ2n) is 16.2. The highest BCUT2D eigenvalue weighted by molar-refractivity contribution is 5.98. The molecule has 0 saturated carbocycles. The molecule has 0 unspecified atom stereocenters. The molecule has 0 spiro atoms. The van der Waals surface area contributed by atoms with Crippen LogP contribution in [0.4, 0.5) is 4.39 Å². The van der Waals surface area contributed by atoms with E-state index in [1.807, 2.05) is 0 Å². The van der Waals surface area contributed by atoms with Crippen LogP contribution in [0, 0.1) is 12.7 Å². The number of amides is 6. The molecule has 7 rings (SSSR count). The summed E-state index contributed by atoms with van der Waals surface area (Å²) in [7, 11) is 0. The zero-order chi connectivity index (χ0) is 47.3. The lowest BCUT2D eigenvalue weighted by atomic mass is 9.81. The predicted molar refractivity (Wildman–Crippen MR) is 232 cm³/mol. The van der Waals surface area contributed by atoms with Gasteiger partial charge in [0.05, 0.1) is 61.3 Å². The molecule has 3 atom stereocenters. The van der Waals surface area contributed by atoms with Gasteiger partial charge in [-0.3, -0.25) is 33.6 Å². The van der Waals surface area contributed by atoms with E-state index in [9.17, 15) is 43.5 Å². The van der Waals surface area contributed by atoms with Gasteiger partial charge >= 0.3 is 5.97 Å². The van der Waals surface area contributed by atoms with Crippen LogP contribution in [0.3, 0.4) is 0 Å². The van der Waals surface area contributed by atoms with Crippen molar-refractivity contribution in [2.24, 2.45) is 5.73 Å². The first-order valence-corrected chi connectivity index (χ1v) is 21.4. The molecule has 9 N–H and O–H groups in total. The molecule has 4 heterocycles. The Morgan fingerprint density at radius 2 is 1.73 bits per heavy atom. The normalized spacial score (nSPS) is 17.0. The number of nitrogens with zero attached hydrogens (tertiary/aromatic N) is 2. The molecule has 20 nitrogen and oxygen atoms in total. The third-order valence-corrected chi connectivity index (χ3v) is 12.0. The first-order chi connectivity index (χ1) is 31.6. The summed E-state index contributed by atoms with van der Waals surface area (Å²) in [6.07, 6.45) is 0.297. The van der Waals surface area contributed by atoms with Gasteiger partial charge in [-0.1, -0.05) is 37.3 Å². The number of rotatable bonds is 18. The predicted octanol–water partition coefficient (Wildman–Crippen LogP) is -0.854. The monoisotopic (exact) mass is 911 g/mol. The summed E-state index contributed by atoms with van der Waals surface area (Å²) < 4.78 is 27.3. The largest absolute Gasteiger partial charge is 0.458 e. The molecular formula is C45H50FN9O11. The fraction of sp³-hybridized carbons (Fsp3) is 0.400. The maximum atomic E-state index is 15.3. The highest BCUT2D eigenvalue weighted by atomic mass is 19.1. The minimum atomic E-state index is -2.04. The van der Waals surface area contributed by atoms with Crippen LogP contribution in [0.1, 0.15) is 71.2 Å². The summed E-state index contributed by atoms with van der Waals surface area (Å²) in [5, 5.41) is 27.3. The number of halogens is 1. The van der Waals surface area contributed by atoms with Crippen molar-refractivity contribution in [2.75, 3.05) is 39.5 Å². The number of pyridine rings is 2. The Morgan fingerprint density at radius 1 is 0.970 bits per heavy atom. The Morgan fingerprint density at radius 3 is 2.47 bits per heavy atom. The number of esters is 1. The first kappa shape index (κ1) is 46.9. The van der Waals surface area contributed by atoms with Gasteiger partial charge < -0.3 is 56.8 Å². The number of benzene rings is 2. The number of hydrogen-bond donors (Lipinski definition) is 8. The van der Waals surface area contributed by atoms with Crippen molar-refractivity contribution in [1.82, 2.24) is 41.5 Å². The fourth-order valence-electron chi connectivity index (χ4n) is 8.53. The lowest BCUT2D eigenvalue weighted by Crippen LogP contribution is -2.52. The lowest BCUT2D eigenvalue weighted by Gasteiger charge is -2.31. The van der Waals surface area contributed by atoms with Crippen LogP contribution in [0.5, 0.6) is 0 Å². The molecular weight excluding hydrogens is 862 g/mol. The molecule has 3 aliphatic rings. The van der Waals surface area contributed by atoms with Crippen LogP contribution in [0.15, 0.2) is 47.3 Å². The quantitative estimate of drug-likeness (QED) is 0.0230. The molecule has 0 bridgehead atoms. The van der Waals surface area contributed by atoms with Crippen molar-refractivity contribution < 1.29 is 52.5 Å². The van der Waals surface area contributed by atoms with Crippen molar-refractivity contribution >= 4 is 52.3 Å². The van der Waals surface area contributed by atoms with E-state index in [0.29, 0.717) is 51.8 Å². The van der Waals surface area contributed by atoms with Crippen LogP contribution in [0.2, 0.25) is 0 Å². The number of carbonyl (C=O) groups is 7. The summed E-state index contributed by atoms with van der Waals surface area (Å²) >= 11 is 0. The maximum Gasteiger partial charge on any atom is 0.343 e. The number of carbonyl (C=O) groups excluding carboxylic acids is 7. The van der Waals surface area contributed by atoms with Crippen LogP contribution in [0.25, 0.3) is 22.3 Å². The van der Waals surface area contributed by atoms with Gasteiger partial charge in [-0.15, -0.1) is 0 Å². The highest BCUT2D eigenvalue weighted by Gasteiger charge is 2.46. The van der Waals surface area contributed by atoms with Gasteiger partial charge in [-0.05, 0) is 54.5 Å². The number of nitrogens with one attached hydrogen (secondary N) is 6. The fourth-order valence-corrected chi connectivity index (χ4v) is 8.53. The molecule has 2 aromatic heterocycles. The number of aliphatic hydroxyl groups is 1. The number of aromatic nitrogens is 2. The van der Waals surface area contributed by atoms with E-state index in [1.54, 1.807) is 50.2 Å². The SMILES string of the molecule is CC[C@@]1(O)C(=O)OCc2c1cc1n(c2=O)Cc2c-1nc1cc(F)c(C)c3c1c2[C@@H](NC(=O)CC(=O)NCCOCNC(=O)CNC(=O)[C@H](Cc1ccccc1)NC(=O)CNC(=O)CN)CC3. The molecule has 21 heteroatoms. The van der Waals surface area contributed by atoms with Gasteiger partial charge in [0.25, 0.3) is 5.56 Å². The van der Waals surface area contributed by atoms with Crippen molar-refractivity contribution in [2.45, 2.75) is 76.8 Å². The van der Waals surface area contributed by atoms with E-state index in [4.69, 9.17) is 20.2 Å². The number of ether oxygens (including phenoxy) is 2. The lowest BCUT2D eigenvalue weighted by molar-refractivity contribution is -0.172. The van der Waals surface area contributed by atoms with Crippen LogP contribution < -0.4 is 43.2 Å². The smallest absolute Gasteiger partial charge is 0.343 e. The minimum absolute atomic E-state index is 0.00771. The molecule has 6 amide bonds. The summed E-state index contributed by atoms with van der Waals surface area (Å²) in [6, 6.07) is 10.0. The third-order valence-electron chi connectivity index (χ3n) is 12.0. The molecule has 0 fully saturated rings. The summed E-state index contributed by atoms with van der Waals surface area (Å²) in [5.41, 5.74) is 7.18. The Balaban J connectivity index is 0.912. The van der Waals surface area contributed by atoms with Crippen LogP contribution >= 0.6 is 0 Å². The van der Waals surface area contributed by atoms with Gasteiger partial charge in [0, 0.05) is 35.5 Å². The molecule has 0 radical (unpaired) electrons. The van der Waals surface area contributed by atoms with E-state index in [2.05, 4.69) is 31.9 Å². The second kappa shape index (κ2) is 20.0. The van der Waals surface area contributed by atoms with E-state index in [1.165, 1.54) is 10.6 Å². The van der Waals surface area contributed by atoms with E-state index < -0.39 is 90.0 Å². The van der Waals surface area contributed by atoms with Crippen molar-refractivity contribution in [3.63, 3.8) is 0 Å². The topological polar surface area (TPSA) is 291 Å². The Hall–Kier alpha value is -7.10. The van der Waals surface area contributed by atoms with Crippen molar-refractivity contribution in [3.8, 4) is 11.4 Å².